The summed E-state index contributed by atoms with van der Waals surface area (Å²) in [5.74, 6) is -0.443. The molecule has 0 aliphatic heterocycles. The van der Waals surface area contributed by atoms with Gasteiger partial charge in [0.05, 0.1) is 22.6 Å². The molecule has 12 heteroatoms. The number of rotatable bonds is 15. The Hall–Kier alpha value is -4.45. The molecule has 11 nitrogen and oxygen atoms in total. The van der Waals surface area contributed by atoms with E-state index < -0.39 is 33.4 Å². The third-order valence-corrected chi connectivity index (χ3v) is 8.43. The first-order chi connectivity index (χ1) is 20.1. The molecule has 0 saturated carbocycles. The summed E-state index contributed by atoms with van der Waals surface area (Å²) in [5.41, 5.74) is 0.293. The molecule has 0 aliphatic rings. The van der Waals surface area contributed by atoms with Crippen molar-refractivity contribution in [3.8, 4) is 5.75 Å². The van der Waals surface area contributed by atoms with Crippen LogP contribution in [-0.4, -0.2) is 56.3 Å². The number of ether oxygens (including phenoxy) is 1. The molecule has 1 N–H and O–H groups in total. The van der Waals surface area contributed by atoms with E-state index in [-0.39, 0.29) is 35.1 Å². The van der Waals surface area contributed by atoms with Gasteiger partial charge in [0, 0.05) is 25.2 Å². The van der Waals surface area contributed by atoms with Crippen LogP contribution in [0.4, 0.5) is 11.4 Å². The van der Waals surface area contributed by atoms with Gasteiger partial charge in [-0.1, -0.05) is 56.7 Å². The van der Waals surface area contributed by atoms with Crippen LogP contribution in [0.1, 0.15) is 38.7 Å². The molecule has 2 amide bonds. The van der Waals surface area contributed by atoms with Crippen LogP contribution in [0.5, 0.6) is 5.75 Å². The fourth-order valence-electron chi connectivity index (χ4n) is 4.40. The van der Waals surface area contributed by atoms with Gasteiger partial charge in [-0.3, -0.25) is 24.0 Å². The van der Waals surface area contributed by atoms with Gasteiger partial charge in [0.25, 0.3) is 15.7 Å². The van der Waals surface area contributed by atoms with Crippen molar-refractivity contribution in [3.63, 3.8) is 0 Å². The number of anilines is 1. The number of methoxy groups -OCH3 is 1. The number of hydrogen-bond donors (Lipinski definition) is 1. The molecule has 0 bridgehead atoms. The lowest BCUT2D eigenvalue weighted by Crippen LogP contribution is -2.52. The van der Waals surface area contributed by atoms with Gasteiger partial charge in [0.2, 0.25) is 11.8 Å². The zero-order chi connectivity index (χ0) is 30.7. The van der Waals surface area contributed by atoms with Gasteiger partial charge >= 0.3 is 0 Å². The molecule has 1 atom stereocenters. The number of nitro groups is 1. The summed E-state index contributed by atoms with van der Waals surface area (Å²) in [4.78, 5) is 39.5. The molecule has 3 aromatic rings. The fourth-order valence-corrected chi connectivity index (χ4v) is 5.83. The van der Waals surface area contributed by atoms with Gasteiger partial charge in [-0.25, -0.2) is 8.42 Å². The van der Waals surface area contributed by atoms with E-state index in [1.54, 1.807) is 49.4 Å². The highest BCUT2D eigenvalue weighted by Gasteiger charge is 2.34. The van der Waals surface area contributed by atoms with Gasteiger partial charge in [-0.05, 0) is 48.7 Å². The molecular weight excluding hydrogens is 560 g/mol. The maximum Gasteiger partial charge on any atom is 0.271 e. The van der Waals surface area contributed by atoms with Crippen molar-refractivity contribution >= 4 is 33.2 Å². The lowest BCUT2D eigenvalue weighted by molar-refractivity contribution is -0.384. The third kappa shape index (κ3) is 8.06. The van der Waals surface area contributed by atoms with E-state index in [9.17, 15) is 28.1 Å². The number of hydrogen-bond acceptors (Lipinski definition) is 7. The number of nitrogens with one attached hydrogen (secondary N) is 1. The standard InChI is InChI=1S/C30H36N4O7S/c1-4-6-18-31-30(36)28(5-2)32(21-23-12-10-15-26(19-23)41-3)29(35)22-33(24-13-11-14-25(20-24)34(37)38)42(39,40)27-16-8-7-9-17-27/h7-17,19-20,28H,4-6,18,21-22H2,1-3H3,(H,31,36)/t28-/m1/s1. The topological polar surface area (TPSA) is 139 Å². The van der Waals surface area contributed by atoms with E-state index >= 15 is 0 Å². The van der Waals surface area contributed by atoms with Crippen molar-refractivity contribution < 1.29 is 27.7 Å². The number of amides is 2. The van der Waals surface area contributed by atoms with Crippen LogP contribution in [0.2, 0.25) is 0 Å². The van der Waals surface area contributed by atoms with E-state index in [0.29, 0.717) is 17.9 Å². The van der Waals surface area contributed by atoms with Gasteiger partial charge in [-0.15, -0.1) is 0 Å². The summed E-state index contributed by atoms with van der Waals surface area (Å²) in [6.45, 7) is 3.52. The highest BCUT2D eigenvalue weighted by Crippen LogP contribution is 2.28. The molecule has 42 heavy (non-hydrogen) atoms. The van der Waals surface area contributed by atoms with Gasteiger partial charge < -0.3 is 15.0 Å². The van der Waals surface area contributed by atoms with E-state index in [1.807, 2.05) is 6.92 Å². The lowest BCUT2D eigenvalue weighted by atomic mass is 10.1. The van der Waals surface area contributed by atoms with E-state index in [4.69, 9.17) is 4.74 Å². The predicted octanol–water partition coefficient (Wildman–Crippen LogP) is 4.52. The number of benzene rings is 3. The normalized spacial score (nSPS) is 11.8. The number of sulfonamides is 1. The Morgan fingerprint density at radius 3 is 2.36 bits per heavy atom. The zero-order valence-corrected chi connectivity index (χ0v) is 24.7. The van der Waals surface area contributed by atoms with Crippen LogP contribution in [0.3, 0.4) is 0 Å². The number of carbonyl (C=O) groups is 2. The van der Waals surface area contributed by atoms with Crippen LogP contribution in [0, 0.1) is 10.1 Å². The van der Waals surface area contributed by atoms with Crippen LogP contribution >= 0.6 is 0 Å². The Bertz CT molecular complexity index is 1480. The number of carbonyl (C=O) groups excluding carboxylic acids is 2. The molecule has 0 heterocycles. The van der Waals surface area contributed by atoms with Gasteiger partial charge in [0.1, 0.15) is 18.3 Å². The maximum absolute atomic E-state index is 14.1. The summed E-state index contributed by atoms with van der Waals surface area (Å²) >= 11 is 0. The molecule has 0 aromatic heterocycles. The summed E-state index contributed by atoms with van der Waals surface area (Å²) in [6, 6.07) is 18.7. The maximum atomic E-state index is 14.1. The molecule has 0 saturated heterocycles. The largest absolute Gasteiger partial charge is 0.497 e. The van der Waals surface area contributed by atoms with Crippen molar-refractivity contribution in [1.82, 2.24) is 10.2 Å². The summed E-state index contributed by atoms with van der Waals surface area (Å²) < 4.78 is 33.9. The minimum atomic E-state index is -4.34. The molecular formula is C30H36N4O7S. The molecule has 0 aliphatic carbocycles. The molecule has 224 valence electrons. The SMILES string of the molecule is CCCCNC(=O)[C@@H](CC)N(Cc1cccc(OC)c1)C(=O)CN(c1cccc([N+](=O)[O-])c1)S(=O)(=O)c1ccccc1. The first kappa shape index (κ1) is 32.1. The van der Waals surface area contributed by atoms with Crippen molar-refractivity contribution in [1.29, 1.82) is 0 Å². The molecule has 0 fully saturated rings. The number of nitrogens with zero attached hydrogens (tertiary/aromatic N) is 3. The lowest BCUT2D eigenvalue weighted by Gasteiger charge is -2.33. The van der Waals surface area contributed by atoms with Crippen LogP contribution < -0.4 is 14.4 Å². The average Bonchev–Trinajstić information content (AvgIpc) is 3.00. The highest BCUT2D eigenvalue weighted by atomic mass is 32.2. The molecule has 0 spiro atoms. The second-order valence-corrected chi connectivity index (χ2v) is 11.4. The van der Waals surface area contributed by atoms with Crippen molar-refractivity contribution in [2.24, 2.45) is 0 Å². The minimum absolute atomic E-state index is 0.00387. The average molecular weight is 597 g/mol. The minimum Gasteiger partial charge on any atom is -0.497 e. The quantitative estimate of drug-likeness (QED) is 0.155. The summed E-state index contributed by atoms with van der Waals surface area (Å²) in [7, 11) is -2.82. The fraction of sp³-hybridized carbons (Fsp3) is 0.333. The van der Waals surface area contributed by atoms with Crippen LogP contribution in [0.25, 0.3) is 0 Å². The zero-order valence-electron chi connectivity index (χ0n) is 23.9. The predicted molar refractivity (Wildman–Crippen MR) is 160 cm³/mol. The Balaban J connectivity index is 2.07. The number of unbranched alkanes of at least 4 members (excludes halogenated alkanes) is 1. The second-order valence-electron chi connectivity index (χ2n) is 9.54. The summed E-state index contributed by atoms with van der Waals surface area (Å²) in [6.07, 6.45) is 1.91. The molecule has 3 rings (SSSR count). The number of non-ortho nitro benzene ring substituents is 1. The smallest absolute Gasteiger partial charge is 0.271 e. The molecule has 0 unspecified atom stereocenters. The number of nitro benzene ring substituents is 1. The Labute approximate surface area is 246 Å². The monoisotopic (exact) mass is 596 g/mol. The van der Waals surface area contributed by atoms with E-state index in [1.165, 1.54) is 42.3 Å². The van der Waals surface area contributed by atoms with Crippen LogP contribution in [0.15, 0.2) is 83.8 Å². The van der Waals surface area contributed by atoms with E-state index in [0.717, 1.165) is 23.2 Å². The summed E-state index contributed by atoms with van der Waals surface area (Å²) in [5, 5.41) is 14.4. The van der Waals surface area contributed by atoms with Crippen molar-refractivity contribution in [2.75, 3.05) is 24.5 Å². The Morgan fingerprint density at radius 2 is 1.71 bits per heavy atom. The first-order valence-electron chi connectivity index (χ1n) is 13.6. The van der Waals surface area contributed by atoms with Crippen LogP contribution in [-0.2, 0) is 26.2 Å². The first-order valence-corrected chi connectivity index (χ1v) is 15.1. The van der Waals surface area contributed by atoms with E-state index in [2.05, 4.69) is 5.32 Å². The molecule has 0 radical (unpaired) electrons. The Kier molecular flexibility index (Phi) is 11.4. The highest BCUT2D eigenvalue weighted by molar-refractivity contribution is 7.92. The van der Waals surface area contributed by atoms with Gasteiger partial charge in [0.15, 0.2) is 0 Å². The molecule has 3 aromatic carbocycles. The Morgan fingerprint density at radius 1 is 1.00 bits per heavy atom. The third-order valence-electron chi connectivity index (χ3n) is 6.64. The second kappa shape index (κ2) is 15.0. The van der Waals surface area contributed by atoms with Crippen molar-refractivity contribution in [2.45, 2.75) is 50.6 Å². The van der Waals surface area contributed by atoms with Crippen molar-refractivity contribution in [3.05, 3.63) is 94.5 Å². The van der Waals surface area contributed by atoms with Gasteiger partial charge in [-0.2, -0.15) is 0 Å².